The van der Waals surface area contributed by atoms with Crippen LogP contribution in [0.25, 0.3) is 11.5 Å². The van der Waals surface area contributed by atoms with E-state index in [1.54, 1.807) is 31.2 Å². The van der Waals surface area contributed by atoms with Gasteiger partial charge in [0.1, 0.15) is 0 Å². The number of anilines is 1. The highest BCUT2D eigenvalue weighted by atomic mass is 35.5. The van der Waals surface area contributed by atoms with Gasteiger partial charge in [0.05, 0.1) is 5.25 Å². The molecule has 0 aliphatic rings. The van der Waals surface area contributed by atoms with Crippen molar-refractivity contribution < 1.29 is 9.21 Å². The quantitative estimate of drug-likeness (QED) is 0.542. The minimum Gasteiger partial charge on any atom is -0.411 e. The number of hydrogen-bond donors (Lipinski definition) is 1. The fourth-order valence-corrected chi connectivity index (χ4v) is 3.18. The molecule has 0 fully saturated rings. The third-order valence-electron chi connectivity index (χ3n) is 3.99. The lowest BCUT2D eigenvalue weighted by Gasteiger charge is -2.11. The number of carbonyl (C=O) groups excluding carboxylic acids is 1. The monoisotopic (exact) mass is 401 g/mol. The Morgan fingerprint density at radius 3 is 2.33 bits per heavy atom. The summed E-state index contributed by atoms with van der Waals surface area (Å²) in [5.41, 5.74) is 2.78. The Kier molecular flexibility index (Phi) is 6.19. The zero-order chi connectivity index (χ0) is 19.4. The molecular formula is C20H20ClN3O2S. The molecule has 27 heavy (non-hydrogen) atoms. The molecule has 0 saturated carbocycles. The summed E-state index contributed by atoms with van der Waals surface area (Å²) in [6, 6.07) is 15.0. The summed E-state index contributed by atoms with van der Waals surface area (Å²) >= 11 is 7.10. The van der Waals surface area contributed by atoms with Crippen molar-refractivity contribution in [2.75, 3.05) is 5.32 Å². The molecule has 3 aromatic rings. The van der Waals surface area contributed by atoms with E-state index in [-0.39, 0.29) is 11.2 Å². The topological polar surface area (TPSA) is 68.0 Å². The van der Waals surface area contributed by atoms with E-state index in [1.807, 2.05) is 24.3 Å². The van der Waals surface area contributed by atoms with Gasteiger partial charge >= 0.3 is 0 Å². The summed E-state index contributed by atoms with van der Waals surface area (Å²) in [6.45, 7) is 6.07. The fourth-order valence-electron chi connectivity index (χ4n) is 2.37. The van der Waals surface area contributed by atoms with Crippen molar-refractivity contribution in [1.29, 1.82) is 0 Å². The lowest BCUT2D eigenvalue weighted by Crippen LogP contribution is -2.22. The summed E-state index contributed by atoms with van der Waals surface area (Å²) < 4.78 is 5.64. The van der Waals surface area contributed by atoms with Gasteiger partial charge in [-0.05, 0) is 54.8 Å². The Morgan fingerprint density at radius 2 is 1.70 bits per heavy atom. The van der Waals surface area contributed by atoms with Gasteiger partial charge in [0, 0.05) is 16.3 Å². The second kappa shape index (κ2) is 8.59. The van der Waals surface area contributed by atoms with E-state index in [0.717, 1.165) is 11.3 Å². The van der Waals surface area contributed by atoms with Crippen LogP contribution in [0.1, 0.15) is 32.3 Å². The molecule has 0 aliphatic heterocycles. The van der Waals surface area contributed by atoms with E-state index in [1.165, 1.54) is 17.3 Å². The average molecular weight is 402 g/mol. The first-order valence-corrected chi connectivity index (χ1v) is 9.85. The van der Waals surface area contributed by atoms with E-state index < -0.39 is 0 Å². The van der Waals surface area contributed by atoms with Gasteiger partial charge in [-0.3, -0.25) is 4.79 Å². The molecule has 0 aliphatic carbocycles. The normalized spacial score (nSPS) is 12.2. The van der Waals surface area contributed by atoms with Crippen molar-refractivity contribution in [2.45, 2.75) is 37.2 Å². The molecule has 0 radical (unpaired) electrons. The Bertz CT molecular complexity index is 908. The molecule has 1 heterocycles. The highest BCUT2D eigenvalue weighted by Gasteiger charge is 2.19. The van der Waals surface area contributed by atoms with Crippen LogP contribution in [0, 0.1) is 0 Å². The number of hydrogen-bond acceptors (Lipinski definition) is 5. The first kappa shape index (κ1) is 19.5. The predicted octanol–water partition coefficient (Wildman–Crippen LogP) is 5.63. The molecule has 1 aromatic heterocycles. The summed E-state index contributed by atoms with van der Waals surface area (Å²) in [5.74, 6) is 0.728. The molecule has 5 nitrogen and oxygen atoms in total. The minimum absolute atomic E-state index is 0.122. The van der Waals surface area contributed by atoms with Crippen LogP contribution in [0.4, 0.5) is 5.69 Å². The molecule has 0 saturated heterocycles. The number of rotatable bonds is 6. The summed E-state index contributed by atoms with van der Waals surface area (Å²) in [7, 11) is 0. The van der Waals surface area contributed by atoms with Gasteiger partial charge in [0.25, 0.3) is 5.22 Å². The second-order valence-electron chi connectivity index (χ2n) is 6.41. The van der Waals surface area contributed by atoms with E-state index in [9.17, 15) is 4.79 Å². The molecule has 1 unspecified atom stereocenters. The van der Waals surface area contributed by atoms with Gasteiger partial charge in [-0.1, -0.05) is 49.3 Å². The van der Waals surface area contributed by atoms with Crippen LogP contribution in [0.2, 0.25) is 5.02 Å². The third kappa shape index (κ3) is 5.11. The average Bonchev–Trinajstić information content (AvgIpc) is 3.11. The van der Waals surface area contributed by atoms with Crippen molar-refractivity contribution in [2.24, 2.45) is 0 Å². The molecule has 0 spiro atoms. The van der Waals surface area contributed by atoms with Crippen LogP contribution >= 0.6 is 23.4 Å². The maximum atomic E-state index is 12.4. The van der Waals surface area contributed by atoms with E-state index in [2.05, 4.69) is 29.4 Å². The lowest BCUT2D eigenvalue weighted by atomic mass is 10.0. The number of carbonyl (C=O) groups is 1. The number of halogens is 1. The first-order chi connectivity index (χ1) is 12.9. The third-order valence-corrected chi connectivity index (χ3v) is 5.18. The van der Waals surface area contributed by atoms with Gasteiger partial charge in [0.15, 0.2) is 0 Å². The maximum Gasteiger partial charge on any atom is 0.277 e. The summed E-state index contributed by atoms with van der Waals surface area (Å²) in [4.78, 5) is 12.4. The van der Waals surface area contributed by atoms with Crippen molar-refractivity contribution in [3.8, 4) is 11.5 Å². The largest absolute Gasteiger partial charge is 0.411 e. The van der Waals surface area contributed by atoms with E-state index in [4.69, 9.17) is 16.0 Å². The molecular weight excluding hydrogens is 382 g/mol. The van der Waals surface area contributed by atoms with Gasteiger partial charge in [-0.25, -0.2) is 0 Å². The molecule has 3 rings (SSSR count). The number of nitrogens with zero attached hydrogens (tertiary/aromatic N) is 2. The molecule has 0 bridgehead atoms. The van der Waals surface area contributed by atoms with E-state index >= 15 is 0 Å². The minimum atomic E-state index is -0.381. The highest BCUT2D eigenvalue weighted by molar-refractivity contribution is 8.00. The number of benzene rings is 2. The van der Waals surface area contributed by atoms with Gasteiger partial charge < -0.3 is 9.73 Å². The zero-order valence-electron chi connectivity index (χ0n) is 15.3. The Labute approximate surface area is 167 Å². The summed E-state index contributed by atoms with van der Waals surface area (Å²) in [6.07, 6.45) is 0. The molecule has 1 atom stereocenters. The summed E-state index contributed by atoms with van der Waals surface area (Å²) in [5, 5.41) is 11.5. The maximum absolute atomic E-state index is 12.4. The smallest absolute Gasteiger partial charge is 0.277 e. The zero-order valence-corrected chi connectivity index (χ0v) is 16.8. The van der Waals surface area contributed by atoms with Crippen molar-refractivity contribution in [1.82, 2.24) is 10.2 Å². The molecule has 1 amide bonds. The standard InChI is InChI=1S/C20H20ClN3O2S/c1-12(2)14-6-10-17(11-7-14)22-18(25)13(3)27-20-24-23-19(26-20)15-4-8-16(21)9-5-15/h4-13H,1-3H3,(H,22,25). The van der Waals surface area contributed by atoms with E-state index in [0.29, 0.717) is 22.1 Å². The highest BCUT2D eigenvalue weighted by Crippen LogP contribution is 2.27. The van der Waals surface area contributed by atoms with Crippen LogP contribution in [0.3, 0.4) is 0 Å². The van der Waals surface area contributed by atoms with Gasteiger partial charge in [-0.15, -0.1) is 10.2 Å². The second-order valence-corrected chi connectivity index (χ2v) is 8.13. The SMILES string of the molecule is CC(Sc1nnc(-c2ccc(Cl)cc2)o1)C(=O)Nc1ccc(C(C)C)cc1. The molecule has 2 aromatic carbocycles. The van der Waals surface area contributed by atoms with Crippen LogP contribution in [0.5, 0.6) is 0 Å². The Hall–Kier alpha value is -2.31. The van der Waals surface area contributed by atoms with Crippen LogP contribution in [-0.4, -0.2) is 21.4 Å². The van der Waals surface area contributed by atoms with Gasteiger partial charge in [0.2, 0.25) is 11.8 Å². The molecule has 1 N–H and O–H groups in total. The van der Waals surface area contributed by atoms with Crippen molar-refractivity contribution in [3.05, 3.63) is 59.1 Å². The van der Waals surface area contributed by atoms with Crippen LogP contribution < -0.4 is 5.32 Å². The number of aromatic nitrogens is 2. The number of amides is 1. The Balaban J connectivity index is 1.60. The Morgan fingerprint density at radius 1 is 1.04 bits per heavy atom. The van der Waals surface area contributed by atoms with Crippen molar-refractivity contribution in [3.63, 3.8) is 0 Å². The lowest BCUT2D eigenvalue weighted by molar-refractivity contribution is -0.115. The van der Waals surface area contributed by atoms with Crippen molar-refractivity contribution >= 4 is 35.0 Å². The first-order valence-electron chi connectivity index (χ1n) is 8.59. The molecule has 7 heteroatoms. The fraction of sp³-hybridized carbons (Fsp3) is 0.250. The predicted molar refractivity (Wildman–Crippen MR) is 109 cm³/mol. The van der Waals surface area contributed by atoms with Gasteiger partial charge in [-0.2, -0.15) is 0 Å². The molecule has 140 valence electrons. The number of thioether (sulfide) groups is 1. The van der Waals surface area contributed by atoms with Crippen LogP contribution in [-0.2, 0) is 4.79 Å². The van der Waals surface area contributed by atoms with Crippen LogP contribution in [0.15, 0.2) is 58.2 Å². The number of nitrogens with one attached hydrogen (secondary N) is 1.